The minimum Gasteiger partial charge on any atom is -0.313 e. The monoisotopic (exact) mass is 291 g/mol. The number of aryl methyl sites for hydroxylation is 2. The van der Waals surface area contributed by atoms with Crippen molar-refractivity contribution in [2.75, 3.05) is 6.54 Å². The first kappa shape index (κ1) is 16.5. The van der Waals surface area contributed by atoms with Crippen LogP contribution in [0.5, 0.6) is 0 Å². The lowest BCUT2D eigenvalue weighted by molar-refractivity contribution is 0.227. The molecule has 0 saturated heterocycles. The number of hydrogen-bond acceptors (Lipinski definition) is 2. The molecule has 0 amide bonds. The van der Waals surface area contributed by atoms with Crippen molar-refractivity contribution in [1.82, 2.24) is 15.1 Å². The predicted octanol–water partition coefficient (Wildman–Crippen LogP) is 3.72. The molecular weight excluding hydrogens is 258 g/mol. The van der Waals surface area contributed by atoms with E-state index in [4.69, 9.17) is 0 Å². The zero-order valence-electron chi connectivity index (χ0n) is 14.4. The van der Waals surface area contributed by atoms with E-state index in [9.17, 15) is 0 Å². The zero-order valence-corrected chi connectivity index (χ0v) is 14.4. The van der Waals surface area contributed by atoms with E-state index in [-0.39, 0.29) is 0 Å². The van der Waals surface area contributed by atoms with E-state index in [2.05, 4.69) is 49.0 Å². The molecule has 0 spiro atoms. The van der Waals surface area contributed by atoms with Crippen LogP contribution in [0.15, 0.2) is 6.07 Å². The van der Waals surface area contributed by atoms with Crippen LogP contribution in [0, 0.1) is 11.8 Å². The maximum atomic E-state index is 4.61. The average Bonchev–Trinajstić information content (AvgIpc) is 2.85. The molecule has 1 unspecified atom stereocenters. The number of nitrogens with one attached hydrogen (secondary N) is 1. The Bertz CT molecular complexity index is 416. The van der Waals surface area contributed by atoms with Crippen molar-refractivity contribution in [2.24, 2.45) is 18.9 Å². The van der Waals surface area contributed by atoms with E-state index in [1.54, 1.807) is 0 Å². The van der Waals surface area contributed by atoms with Gasteiger partial charge in [0.25, 0.3) is 0 Å². The summed E-state index contributed by atoms with van der Waals surface area (Å²) >= 11 is 0. The highest BCUT2D eigenvalue weighted by Gasteiger charge is 2.26. The molecule has 2 rings (SSSR count). The van der Waals surface area contributed by atoms with Crippen LogP contribution in [0.3, 0.4) is 0 Å². The van der Waals surface area contributed by atoms with E-state index >= 15 is 0 Å². The number of hydrogen-bond donors (Lipinski definition) is 1. The molecule has 1 atom stereocenters. The molecule has 0 aliphatic heterocycles. The van der Waals surface area contributed by atoms with Crippen LogP contribution >= 0.6 is 0 Å². The Morgan fingerprint density at radius 1 is 1.29 bits per heavy atom. The second kappa shape index (κ2) is 7.98. The Morgan fingerprint density at radius 2 is 2.00 bits per heavy atom. The lowest BCUT2D eigenvalue weighted by atomic mass is 9.78. The van der Waals surface area contributed by atoms with Crippen LogP contribution in [-0.4, -0.2) is 22.4 Å². The third-order valence-electron chi connectivity index (χ3n) is 5.10. The maximum absolute atomic E-state index is 4.61. The standard InChI is InChI=1S/C18H33N3/c1-5-11-19-18(15-9-7-14(3)8-10-15)13-17-12-16(6-2)20-21(17)4/h12,14-15,18-19H,5-11,13H2,1-4H3. The van der Waals surface area contributed by atoms with Gasteiger partial charge in [0.1, 0.15) is 0 Å². The summed E-state index contributed by atoms with van der Waals surface area (Å²) in [5.74, 6) is 1.77. The van der Waals surface area contributed by atoms with Gasteiger partial charge in [0.05, 0.1) is 5.69 Å². The summed E-state index contributed by atoms with van der Waals surface area (Å²) in [7, 11) is 2.09. The SMILES string of the molecule is CCCNC(Cc1cc(CC)nn1C)C1CCC(C)CC1. The third-order valence-corrected chi connectivity index (χ3v) is 5.10. The van der Waals surface area contributed by atoms with Crippen molar-refractivity contribution in [3.63, 3.8) is 0 Å². The third kappa shape index (κ3) is 4.57. The second-order valence-corrected chi connectivity index (χ2v) is 6.89. The largest absolute Gasteiger partial charge is 0.313 e. The predicted molar refractivity (Wildman–Crippen MR) is 89.5 cm³/mol. The summed E-state index contributed by atoms with van der Waals surface area (Å²) < 4.78 is 2.09. The Labute approximate surface area is 130 Å². The molecule has 0 aromatic carbocycles. The summed E-state index contributed by atoms with van der Waals surface area (Å²) in [6.45, 7) is 7.97. The Morgan fingerprint density at radius 3 is 2.57 bits per heavy atom. The van der Waals surface area contributed by atoms with E-state index < -0.39 is 0 Å². The summed E-state index contributed by atoms with van der Waals surface area (Å²) in [6.07, 6.45) is 8.96. The molecule has 120 valence electrons. The fourth-order valence-electron chi connectivity index (χ4n) is 3.58. The Kier molecular flexibility index (Phi) is 6.28. The zero-order chi connectivity index (χ0) is 15.2. The molecule has 3 nitrogen and oxygen atoms in total. The highest BCUT2D eigenvalue weighted by atomic mass is 15.3. The van der Waals surface area contributed by atoms with Crippen LogP contribution in [-0.2, 0) is 19.9 Å². The lowest BCUT2D eigenvalue weighted by Gasteiger charge is -2.33. The molecule has 1 aliphatic carbocycles. The van der Waals surface area contributed by atoms with Gasteiger partial charge in [-0.1, -0.05) is 33.6 Å². The number of nitrogens with zero attached hydrogens (tertiary/aromatic N) is 2. The first-order valence-corrected chi connectivity index (χ1v) is 8.89. The number of rotatable bonds is 7. The van der Waals surface area contributed by atoms with Gasteiger partial charge in [-0.3, -0.25) is 4.68 Å². The first-order chi connectivity index (χ1) is 10.1. The Balaban J connectivity index is 2.02. The topological polar surface area (TPSA) is 29.9 Å². The van der Waals surface area contributed by atoms with Crippen LogP contribution in [0.4, 0.5) is 0 Å². The van der Waals surface area contributed by atoms with E-state index in [0.717, 1.165) is 31.2 Å². The maximum Gasteiger partial charge on any atom is 0.0624 e. The van der Waals surface area contributed by atoms with Crippen LogP contribution in [0.1, 0.15) is 64.3 Å². The molecule has 1 fully saturated rings. The molecule has 1 aliphatic rings. The van der Waals surface area contributed by atoms with E-state index in [1.165, 1.54) is 43.5 Å². The second-order valence-electron chi connectivity index (χ2n) is 6.89. The molecule has 0 radical (unpaired) electrons. The van der Waals surface area contributed by atoms with Crippen molar-refractivity contribution in [2.45, 2.75) is 71.8 Å². The summed E-state index contributed by atoms with van der Waals surface area (Å²) in [4.78, 5) is 0. The van der Waals surface area contributed by atoms with Gasteiger partial charge in [-0.15, -0.1) is 0 Å². The molecule has 0 bridgehead atoms. The molecule has 1 N–H and O–H groups in total. The fraction of sp³-hybridized carbons (Fsp3) is 0.833. The van der Waals surface area contributed by atoms with E-state index in [1.807, 2.05) is 0 Å². The minimum absolute atomic E-state index is 0.623. The van der Waals surface area contributed by atoms with Crippen LogP contribution in [0.2, 0.25) is 0 Å². The highest BCUT2D eigenvalue weighted by molar-refractivity contribution is 5.12. The summed E-state index contributed by atoms with van der Waals surface area (Å²) in [6, 6.07) is 2.92. The minimum atomic E-state index is 0.623. The Hall–Kier alpha value is -0.830. The van der Waals surface area contributed by atoms with Gasteiger partial charge in [-0.2, -0.15) is 5.10 Å². The molecule has 21 heavy (non-hydrogen) atoms. The normalized spacial score (nSPS) is 24.2. The first-order valence-electron chi connectivity index (χ1n) is 8.89. The molecule has 1 aromatic heterocycles. The highest BCUT2D eigenvalue weighted by Crippen LogP contribution is 2.31. The van der Waals surface area contributed by atoms with Crippen LogP contribution < -0.4 is 5.32 Å². The average molecular weight is 291 g/mol. The van der Waals surface area contributed by atoms with E-state index in [0.29, 0.717) is 6.04 Å². The van der Waals surface area contributed by atoms with Crippen molar-refractivity contribution in [1.29, 1.82) is 0 Å². The van der Waals surface area contributed by atoms with Crippen molar-refractivity contribution >= 4 is 0 Å². The molecule has 1 heterocycles. The molecule has 3 heteroatoms. The summed E-state index contributed by atoms with van der Waals surface area (Å²) in [5.41, 5.74) is 2.61. The van der Waals surface area contributed by atoms with Crippen molar-refractivity contribution < 1.29 is 0 Å². The lowest BCUT2D eigenvalue weighted by Crippen LogP contribution is -2.40. The number of aromatic nitrogens is 2. The van der Waals surface area contributed by atoms with Gasteiger partial charge in [-0.25, -0.2) is 0 Å². The summed E-state index contributed by atoms with van der Waals surface area (Å²) in [5, 5.41) is 8.42. The quantitative estimate of drug-likeness (QED) is 0.830. The van der Waals surface area contributed by atoms with Crippen molar-refractivity contribution in [3.8, 4) is 0 Å². The van der Waals surface area contributed by atoms with Crippen molar-refractivity contribution in [3.05, 3.63) is 17.5 Å². The fourth-order valence-corrected chi connectivity index (χ4v) is 3.58. The van der Waals surface area contributed by atoms with Gasteiger partial charge in [0, 0.05) is 25.2 Å². The van der Waals surface area contributed by atoms with Gasteiger partial charge in [-0.05, 0) is 50.1 Å². The van der Waals surface area contributed by atoms with Crippen LogP contribution in [0.25, 0.3) is 0 Å². The van der Waals surface area contributed by atoms with Gasteiger partial charge in [0.15, 0.2) is 0 Å². The van der Waals surface area contributed by atoms with Gasteiger partial charge < -0.3 is 5.32 Å². The van der Waals surface area contributed by atoms with Gasteiger partial charge >= 0.3 is 0 Å². The molecular formula is C18H33N3. The van der Waals surface area contributed by atoms with Gasteiger partial charge in [0.2, 0.25) is 0 Å². The molecule has 1 aromatic rings. The smallest absolute Gasteiger partial charge is 0.0624 e. The molecule has 1 saturated carbocycles.